The monoisotopic (exact) mass is 398 g/mol. The largest absolute Gasteiger partial charge is 0.496 e. The third kappa shape index (κ3) is 5.36. The number of carbonyl (C=O) groups excluding carboxylic acids is 1. The number of anilines is 1. The summed E-state index contributed by atoms with van der Waals surface area (Å²) in [6.45, 7) is 4.09. The Balaban J connectivity index is 1.76. The third-order valence-corrected chi connectivity index (χ3v) is 5.76. The van der Waals surface area contributed by atoms with E-state index in [2.05, 4.69) is 17.6 Å². The van der Waals surface area contributed by atoms with E-state index in [1.165, 1.54) is 6.07 Å². The van der Waals surface area contributed by atoms with Gasteiger partial charge in [0.05, 0.1) is 7.11 Å². The maximum atomic E-state index is 14.8. The molecule has 3 rings (SSSR count). The summed E-state index contributed by atoms with van der Waals surface area (Å²) >= 11 is 0. The smallest absolute Gasteiger partial charge is 0.227 e. The summed E-state index contributed by atoms with van der Waals surface area (Å²) in [4.78, 5) is 13.0. The molecular formula is C24H31FN2O2. The highest BCUT2D eigenvalue weighted by molar-refractivity contribution is 5.93. The van der Waals surface area contributed by atoms with Crippen molar-refractivity contribution in [2.24, 2.45) is 11.8 Å². The lowest BCUT2D eigenvalue weighted by Crippen LogP contribution is -2.30. The van der Waals surface area contributed by atoms with E-state index in [4.69, 9.17) is 4.74 Å². The van der Waals surface area contributed by atoms with Crippen LogP contribution in [0.15, 0.2) is 42.5 Å². The molecule has 1 aliphatic rings. The van der Waals surface area contributed by atoms with Gasteiger partial charge in [0.1, 0.15) is 11.6 Å². The molecule has 1 aliphatic heterocycles. The summed E-state index contributed by atoms with van der Waals surface area (Å²) in [6, 6.07) is 12.2. The molecule has 2 aromatic rings. The van der Waals surface area contributed by atoms with Gasteiger partial charge in [-0.25, -0.2) is 4.39 Å². The summed E-state index contributed by atoms with van der Waals surface area (Å²) in [6.07, 6.45) is 4.99. The van der Waals surface area contributed by atoms with Crippen LogP contribution < -0.4 is 15.4 Å². The summed E-state index contributed by atoms with van der Waals surface area (Å²) in [5.74, 6) is 0.592. The molecule has 0 saturated carbocycles. The van der Waals surface area contributed by atoms with Crippen molar-refractivity contribution in [2.75, 3.05) is 25.5 Å². The molecule has 2 aromatic carbocycles. The molecule has 0 bridgehead atoms. The average molecular weight is 399 g/mol. The minimum absolute atomic E-state index is 0.00296. The van der Waals surface area contributed by atoms with Crippen LogP contribution in [0.1, 0.15) is 39.0 Å². The molecule has 1 saturated heterocycles. The van der Waals surface area contributed by atoms with Crippen molar-refractivity contribution in [1.29, 1.82) is 0 Å². The maximum absolute atomic E-state index is 14.8. The van der Waals surface area contributed by atoms with Gasteiger partial charge in [-0.05, 0) is 69.0 Å². The molecule has 2 N–H and O–H groups in total. The van der Waals surface area contributed by atoms with E-state index < -0.39 is 0 Å². The summed E-state index contributed by atoms with van der Waals surface area (Å²) in [5.41, 5.74) is 1.65. The lowest BCUT2D eigenvalue weighted by atomic mass is 9.82. The van der Waals surface area contributed by atoms with Crippen molar-refractivity contribution in [1.82, 2.24) is 5.32 Å². The van der Waals surface area contributed by atoms with Crippen LogP contribution in [0.3, 0.4) is 0 Å². The lowest BCUT2D eigenvalue weighted by Gasteiger charge is -2.25. The van der Waals surface area contributed by atoms with Gasteiger partial charge in [0.15, 0.2) is 0 Å². The van der Waals surface area contributed by atoms with Crippen LogP contribution in [-0.2, 0) is 4.79 Å². The Labute approximate surface area is 172 Å². The number of carbonyl (C=O) groups is 1. The highest BCUT2D eigenvalue weighted by Gasteiger charge is 2.28. The van der Waals surface area contributed by atoms with Crippen LogP contribution >= 0.6 is 0 Å². The normalized spacial score (nSPS) is 18.0. The molecule has 0 aliphatic carbocycles. The Morgan fingerprint density at radius 3 is 2.79 bits per heavy atom. The van der Waals surface area contributed by atoms with Gasteiger partial charge in [-0.15, -0.1) is 0 Å². The number of methoxy groups -OCH3 is 1. The lowest BCUT2D eigenvalue weighted by molar-refractivity contribution is -0.121. The first-order chi connectivity index (χ1) is 14.1. The second-order valence-corrected chi connectivity index (χ2v) is 7.72. The van der Waals surface area contributed by atoms with E-state index in [1.807, 2.05) is 18.2 Å². The predicted molar refractivity (Wildman–Crippen MR) is 116 cm³/mol. The Hall–Kier alpha value is -2.40. The number of nitrogens with one attached hydrogen (secondary N) is 2. The minimum atomic E-state index is -0.377. The van der Waals surface area contributed by atoms with Crippen LogP contribution in [0.5, 0.6) is 5.75 Å². The number of amides is 1. The Morgan fingerprint density at radius 1 is 1.21 bits per heavy atom. The standard InChI is InChI=1S/C24H31FN2O2/c1-3-7-19(17-8-6-14-26-15-13-17)24(28)27-18-11-12-20(22(25)16-18)21-9-4-5-10-23(21)29-2/h4-5,9-12,16-17,19,26H,3,6-8,13-15H2,1-2H3,(H,27,28). The van der Waals surface area contributed by atoms with Crippen LogP contribution in [0.2, 0.25) is 0 Å². The first-order valence-corrected chi connectivity index (χ1v) is 10.6. The Bertz CT molecular complexity index is 816. The molecule has 1 heterocycles. The van der Waals surface area contributed by atoms with Gasteiger partial charge in [-0.3, -0.25) is 4.79 Å². The number of halogens is 1. The number of rotatable bonds is 7. The van der Waals surface area contributed by atoms with E-state index in [9.17, 15) is 9.18 Å². The highest BCUT2D eigenvalue weighted by Crippen LogP contribution is 2.33. The fourth-order valence-corrected chi connectivity index (χ4v) is 4.25. The highest BCUT2D eigenvalue weighted by atomic mass is 19.1. The van der Waals surface area contributed by atoms with Crippen LogP contribution in [0.4, 0.5) is 10.1 Å². The molecule has 1 fully saturated rings. The summed E-state index contributed by atoms with van der Waals surface area (Å²) < 4.78 is 20.2. The zero-order valence-corrected chi connectivity index (χ0v) is 17.3. The zero-order chi connectivity index (χ0) is 20.6. The molecule has 0 aromatic heterocycles. The molecule has 5 heteroatoms. The van der Waals surface area contributed by atoms with E-state index >= 15 is 0 Å². The fourth-order valence-electron chi connectivity index (χ4n) is 4.25. The van der Waals surface area contributed by atoms with E-state index in [0.717, 1.165) is 45.2 Å². The van der Waals surface area contributed by atoms with Crippen molar-refractivity contribution in [2.45, 2.75) is 39.0 Å². The van der Waals surface area contributed by atoms with Gasteiger partial charge in [0.2, 0.25) is 5.91 Å². The topological polar surface area (TPSA) is 50.4 Å². The summed E-state index contributed by atoms with van der Waals surface area (Å²) in [5, 5.41) is 6.37. The van der Waals surface area contributed by atoms with E-state index in [0.29, 0.717) is 28.5 Å². The molecule has 0 spiro atoms. The van der Waals surface area contributed by atoms with Crippen LogP contribution in [0, 0.1) is 17.7 Å². The average Bonchev–Trinajstić information content (AvgIpc) is 3.01. The Kier molecular flexibility index (Phi) is 7.64. The number of para-hydroxylation sites is 1. The number of benzene rings is 2. The van der Waals surface area contributed by atoms with Crippen molar-refractivity contribution >= 4 is 11.6 Å². The number of hydrogen-bond donors (Lipinski definition) is 2. The summed E-state index contributed by atoms with van der Waals surface area (Å²) in [7, 11) is 1.57. The second-order valence-electron chi connectivity index (χ2n) is 7.72. The molecule has 29 heavy (non-hydrogen) atoms. The molecular weight excluding hydrogens is 367 g/mol. The van der Waals surface area contributed by atoms with Gasteiger partial charge in [-0.2, -0.15) is 0 Å². The van der Waals surface area contributed by atoms with Gasteiger partial charge in [0, 0.05) is 22.7 Å². The predicted octanol–water partition coefficient (Wildman–Crippen LogP) is 5.25. The molecule has 2 unspecified atom stereocenters. The van der Waals surface area contributed by atoms with Crippen molar-refractivity contribution in [3.63, 3.8) is 0 Å². The Morgan fingerprint density at radius 2 is 2.03 bits per heavy atom. The molecule has 0 radical (unpaired) electrons. The molecule has 4 nitrogen and oxygen atoms in total. The van der Waals surface area contributed by atoms with Crippen LogP contribution in [0.25, 0.3) is 11.1 Å². The van der Waals surface area contributed by atoms with Gasteiger partial charge in [-0.1, -0.05) is 31.5 Å². The zero-order valence-electron chi connectivity index (χ0n) is 17.3. The maximum Gasteiger partial charge on any atom is 0.227 e. The van der Waals surface area contributed by atoms with Gasteiger partial charge >= 0.3 is 0 Å². The van der Waals surface area contributed by atoms with Gasteiger partial charge < -0.3 is 15.4 Å². The SMILES string of the molecule is CCCC(C(=O)Nc1ccc(-c2ccccc2OC)c(F)c1)C1CCCNCC1. The third-order valence-electron chi connectivity index (χ3n) is 5.76. The molecule has 156 valence electrons. The van der Waals surface area contributed by atoms with Crippen molar-refractivity contribution in [3.8, 4) is 16.9 Å². The molecule has 1 amide bonds. The number of ether oxygens (including phenoxy) is 1. The van der Waals surface area contributed by atoms with E-state index in [-0.39, 0.29) is 17.6 Å². The second kappa shape index (κ2) is 10.4. The van der Waals surface area contributed by atoms with Crippen molar-refractivity contribution < 1.29 is 13.9 Å². The fraction of sp³-hybridized carbons (Fsp3) is 0.458. The van der Waals surface area contributed by atoms with E-state index in [1.54, 1.807) is 25.3 Å². The molecule has 2 atom stereocenters. The first-order valence-electron chi connectivity index (χ1n) is 10.6. The van der Waals surface area contributed by atoms with Crippen molar-refractivity contribution in [3.05, 3.63) is 48.3 Å². The van der Waals surface area contributed by atoms with Crippen LogP contribution in [-0.4, -0.2) is 26.1 Å². The van der Waals surface area contributed by atoms with Gasteiger partial charge in [0.25, 0.3) is 0 Å². The number of hydrogen-bond acceptors (Lipinski definition) is 3. The quantitative estimate of drug-likeness (QED) is 0.670. The minimum Gasteiger partial charge on any atom is -0.496 e. The first kappa shape index (κ1) is 21.3.